The van der Waals surface area contributed by atoms with E-state index in [0.29, 0.717) is 25.1 Å². The number of benzene rings is 1. The lowest BCUT2D eigenvalue weighted by molar-refractivity contribution is -0.384. The third kappa shape index (κ3) is 4.50. The van der Waals surface area contributed by atoms with Crippen LogP contribution in [0.2, 0.25) is 0 Å². The van der Waals surface area contributed by atoms with Crippen LogP contribution in [0.4, 0.5) is 5.69 Å². The first-order chi connectivity index (χ1) is 15.6. The summed E-state index contributed by atoms with van der Waals surface area (Å²) in [5, 5.41) is 19.7. The number of non-ortho nitro benzene ring substituents is 1. The largest absolute Gasteiger partial charge is 0.385 e. The van der Waals surface area contributed by atoms with Gasteiger partial charge in [-0.15, -0.1) is 0 Å². The SMILES string of the molecule is CC(C)[C@H]1C(=O)N2C(C(=O)OC(=O)c3ccc([N+](=O)[O-])cc3)=C(CN(C)CCC#N)[C@H](C)[C@H]12. The second kappa shape index (κ2) is 9.50. The minimum Gasteiger partial charge on any atom is -0.385 e. The van der Waals surface area contributed by atoms with Crippen molar-refractivity contribution in [2.75, 3.05) is 20.1 Å². The number of carbonyl (C=O) groups is 3. The highest BCUT2D eigenvalue weighted by Gasteiger charge is 2.59. The first-order valence-corrected chi connectivity index (χ1v) is 10.7. The van der Waals surface area contributed by atoms with Gasteiger partial charge in [0.25, 0.3) is 5.69 Å². The Balaban J connectivity index is 1.87. The topological polar surface area (TPSA) is 134 Å². The van der Waals surface area contributed by atoms with E-state index in [1.165, 1.54) is 17.0 Å². The van der Waals surface area contributed by atoms with E-state index in [0.717, 1.165) is 12.1 Å². The monoisotopic (exact) mass is 454 g/mol. The molecule has 0 saturated carbocycles. The molecule has 0 bridgehead atoms. The van der Waals surface area contributed by atoms with Crippen LogP contribution >= 0.6 is 0 Å². The Labute approximate surface area is 191 Å². The molecule has 2 heterocycles. The van der Waals surface area contributed by atoms with Gasteiger partial charge < -0.3 is 14.5 Å². The number of nitrogens with zero attached hydrogens (tertiary/aromatic N) is 4. The number of hydrogen-bond acceptors (Lipinski definition) is 8. The maximum Gasteiger partial charge on any atom is 0.362 e. The summed E-state index contributed by atoms with van der Waals surface area (Å²) in [6.07, 6.45) is 0.317. The lowest BCUT2D eigenvalue weighted by Gasteiger charge is -2.47. The quantitative estimate of drug-likeness (QED) is 0.192. The molecule has 0 N–H and O–H groups in total. The molecule has 0 aromatic heterocycles. The standard InChI is InChI=1S/C23H26N4O6/c1-13(2)18-19-14(3)17(12-25(4)11-5-10-24)20(26(19)21(18)28)23(30)33-22(29)15-6-8-16(9-7-15)27(31)32/h6-9,13-14,18-19H,5,11-12H2,1-4H3/t14-,18+,19+/m0/s1. The van der Waals surface area contributed by atoms with Crippen LogP contribution in [0.25, 0.3) is 0 Å². The van der Waals surface area contributed by atoms with E-state index in [-0.39, 0.29) is 46.7 Å². The molecule has 174 valence electrons. The number of likely N-dealkylation sites (N-methyl/N-ethyl adjacent to an activating group) is 1. The van der Waals surface area contributed by atoms with Crippen molar-refractivity contribution in [2.45, 2.75) is 33.2 Å². The maximum absolute atomic E-state index is 13.1. The van der Waals surface area contributed by atoms with Gasteiger partial charge in [-0.25, -0.2) is 9.59 Å². The van der Waals surface area contributed by atoms with E-state index in [1.807, 2.05) is 32.7 Å². The van der Waals surface area contributed by atoms with Gasteiger partial charge in [0.15, 0.2) is 0 Å². The molecule has 1 saturated heterocycles. The average molecular weight is 454 g/mol. The molecule has 0 unspecified atom stereocenters. The summed E-state index contributed by atoms with van der Waals surface area (Å²) in [5.74, 6) is -2.30. The number of carbonyl (C=O) groups excluding carboxylic acids is 3. The molecule has 2 aliphatic rings. The van der Waals surface area contributed by atoms with Gasteiger partial charge in [0.05, 0.1) is 28.5 Å². The molecule has 1 aromatic rings. The number of esters is 2. The predicted molar refractivity (Wildman–Crippen MR) is 116 cm³/mol. The van der Waals surface area contributed by atoms with Crippen molar-refractivity contribution in [3.8, 4) is 6.07 Å². The zero-order valence-corrected chi connectivity index (χ0v) is 19.0. The fraction of sp³-hybridized carbons (Fsp3) is 0.478. The second-order valence-corrected chi connectivity index (χ2v) is 8.76. The van der Waals surface area contributed by atoms with Crippen molar-refractivity contribution in [1.29, 1.82) is 5.26 Å². The van der Waals surface area contributed by atoms with Gasteiger partial charge in [-0.1, -0.05) is 20.8 Å². The number of β-lactam (4-membered cyclic amide) rings is 1. The molecule has 1 amide bonds. The molecule has 3 atom stereocenters. The van der Waals surface area contributed by atoms with Crippen LogP contribution in [0.15, 0.2) is 35.5 Å². The van der Waals surface area contributed by atoms with Crippen molar-refractivity contribution in [1.82, 2.24) is 9.80 Å². The number of hydrogen-bond donors (Lipinski definition) is 0. The Hall–Kier alpha value is -3.58. The van der Waals surface area contributed by atoms with Crippen LogP contribution in [-0.2, 0) is 14.3 Å². The summed E-state index contributed by atoms with van der Waals surface area (Å²) in [7, 11) is 1.82. The molecular weight excluding hydrogens is 428 g/mol. The van der Waals surface area contributed by atoms with E-state index >= 15 is 0 Å². The van der Waals surface area contributed by atoms with Crippen LogP contribution in [0, 0.1) is 39.2 Å². The van der Waals surface area contributed by atoms with Crippen LogP contribution in [0.1, 0.15) is 37.6 Å². The van der Waals surface area contributed by atoms with Gasteiger partial charge in [0, 0.05) is 37.6 Å². The van der Waals surface area contributed by atoms with Crippen LogP contribution < -0.4 is 0 Å². The molecule has 10 heteroatoms. The van der Waals surface area contributed by atoms with E-state index in [9.17, 15) is 24.5 Å². The van der Waals surface area contributed by atoms with Crippen LogP contribution in [0.3, 0.4) is 0 Å². The lowest BCUT2D eigenvalue weighted by Crippen LogP contribution is -2.62. The Morgan fingerprint density at radius 2 is 1.91 bits per heavy atom. The van der Waals surface area contributed by atoms with E-state index < -0.39 is 16.9 Å². The average Bonchev–Trinajstić information content (AvgIpc) is 3.00. The molecule has 0 radical (unpaired) electrons. The number of nitriles is 1. The van der Waals surface area contributed by atoms with E-state index in [4.69, 9.17) is 10.00 Å². The third-order valence-corrected chi connectivity index (χ3v) is 6.25. The predicted octanol–water partition coefficient (Wildman–Crippen LogP) is 2.51. The van der Waals surface area contributed by atoms with Gasteiger partial charge in [0.1, 0.15) is 5.70 Å². The lowest BCUT2D eigenvalue weighted by atomic mass is 9.74. The highest BCUT2D eigenvalue weighted by Crippen LogP contribution is 2.48. The zero-order valence-electron chi connectivity index (χ0n) is 19.0. The Morgan fingerprint density at radius 3 is 2.45 bits per heavy atom. The number of rotatable bonds is 8. The molecule has 0 aliphatic carbocycles. The number of nitro benzene ring substituents is 1. The Morgan fingerprint density at radius 1 is 1.27 bits per heavy atom. The van der Waals surface area contributed by atoms with Crippen LogP contribution in [-0.4, -0.2) is 58.7 Å². The molecule has 2 aliphatic heterocycles. The Bertz CT molecular complexity index is 1060. The van der Waals surface area contributed by atoms with Gasteiger partial charge >= 0.3 is 11.9 Å². The second-order valence-electron chi connectivity index (χ2n) is 8.76. The van der Waals surface area contributed by atoms with Gasteiger partial charge in [0.2, 0.25) is 5.91 Å². The fourth-order valence-electron chi connectivity index (χ4n) is 4.55. The number of fused-ring (bicyclic) bond motifs is 1. The van der Waals surface area contributed by atoms with Crippen molar-refractivity contribution < 1.29 is 24.0 Å². The molecule has 10 nitrogen and oxygen atoms in total. The number of nitro groups is 1. The normalized spacial score (nSPS) is 21.7. The molecule has 33 heavy (non-hydrogen) atoms. The highest BCUT2D eigenvalue weighted by atomic mass is 16.6. The Kier molecular flexibility index (Phi) is 6.93. The minimum atomic E-state index is -0.955. The summed E-state index contributed by atoms with van der Waals surface area (Å²) >= 11 is 0. The summed E-state index contributed by atoms with van der Waals surface area (Å²) in [4.78, 5) is 52.0. The van der Waals surface area contributed by atoms with Crippen molar-refractivity contribution >= 4 is 23.5 Å². The van der Waals surface area contributed by atoms with Crippen molar-refractivity contribution in [3.05, 3.63) is 51.2 Å². The van der Waals surface area contributed by atoms with Gasteiger partial charge in [-0.05, 0) is 30.7 Å². The summed E-state index contributed by atoms with van der Waals surface area (Å²) in [6, 6.07) is 6.61. The van der Waals surface area contributed by atoms with Crippen molar-refractivity contribution in [2.24, 2.45) is 17.8 Å². The van der Waals surface area contributed by atoms with Crippen LogP contribution in [0.5, 0.6) is 0 Å². The third-order valence-electron chi connectivity index (χ3n) is 6.25. The number of ether oxygens (including phenoxy) is 1. The zero-order chi connectivity index (χ0) is 24.4. The van der Waals surface area contributed by atoms with E-state index in [1.54, 1.807) is 0 Å². The smallest absolute Gasteiger partial charge is 0.362 e. The summed E-state index contributed by atoms with van der Waals surface area (Å²) in [5.41, 5.74) is 0.563. The molecule has 0 spiro atoms. The van der Waals surface area contributed by atoms with Crippen molar-refractivity contribution in [3.63, 3.8) is 0 Å². The first-order valence-electron chi connectivity index (χ1n) is 10.7. The van der Waals surface area contributed by atoms with Gasteiger partial charge in [-0.3, -0.25) is 14.9 Å². The van der Waals surface area contributed by atoms with E-state index in [2.05, 4.69) is 6.07 Å². The summed E-state index contributed by atoms with van der Waals surface area (Å²) < 4.78 is 5.09. The fourth-order valence-corrected chi connectivity index (χ4v) is 4.55. The molecule has 1 fully saturated rings. The summed E-state index contributed by atoms with van der Waals surface area (Å²) in [6.45, 7) is 6.71. The minimum absolute atomic E-state index is 0.0140. The van der Waals surface area contributed by atoms with Gasteiger partial charge in [-0.2, -0.15) is 5.26 Å². The maximum atomic E-state index is 13.1. The molecule has 1 aromatic carbocycles. The molecular formula is C23H26N4O6. The highest BCUT2D eigenvalue weighted by molar-refractivity contribution is 6.06. The first kappa shape index (κ1) is 24.1. The molecule has 3 rings (SSSR count). The number of amides is 1.